The van der Waals surface area contributed by atoms with E-state index < -0.39 is 32.3 Å². The van der Waals surface area contributed by atoms with Gasteiger partial charge in [0.05, 0.1) is 67.4 Å². The Kier molecular flexibility index (Phi) is 15.2. The van der Waals surface area contributed by atoms with Gasteiger partial charge in [-0.25, -0.2) is 0 Å². The zero-order chi connectivity index (χ0) is 55.4. The number of para-hydroxylation sites is 3. The number of fused-ring (bicyclic) bond motifs is 3. The number of hydrogen-bond acceptors (Lipinski definition) is 9. The molecule has 0 radical (unpaired) electrons. The Morgan fingerprint density at radius 2 is 1.05 bits per heavy atom. The number of aromatic nitrogens is 1. The Hall–Kier alpha value is -9.49. The van der Waals surface area contributed by atoms with E-state index in [4.69, 9.17) is 5.73 Å². The fraction of sp³-hybridized carbons (Fsp3) is 0.104. The van der Waals surface area contributed by atoms with E-state index >= 15 is 0 Å². The zero-order valence-electron chi connectivity index (χ0n) is 44.2. The predicted molar refractivity (Wildman–Crippen MR) is 318 cm³/mol. The van der Waals surface area contributed by atoms with Gasteiger partial charge in [0, 0.05) is 60.3 Å². The molecule has 0 aliphatic heterocycles. The van der Waals surface area contributed by atoms with Crippen LogP contribution in [0.4, 0.5) is 39.8 Å². The SMILES string of the molecule is CC(=O)Cc1ccc(Nc2cc(S(=O)(=O)O)c(N)c3c2C(=O)c2ccccc2C3=O)cc1.CCN(c1ccccc1)c1ccc([C+](c2ccc(N(CC)c3ccccc3)cc2)c2c(-c3ccccc3)n(C)c3ccccc23)cc1. The van der Waals surface area contributed by atoms with Gasteiger partial charge in [-0.05, 0) is 142 Å². The van der Waals surface area contributed by atoms with E-state index in [1.54, 1.807) is 36.4 Å². The summed E-state index contributed by atoms with van der Waals surface area (Å²) in [4.78, 5) is 41.7. The van der Waals surface area contributed by atoms with E-state index in [2.05, 4.69) is 204 Å². The summed E-state index contributed by atoms with van der Waals surface area (Å²) >= 11 is 0. The van der Waals surface area contributed by atoms with Gasteiger partial charge < -0.3 is 25.4 Å². The molecule has 12 heteroatoms. The number of anilines is 7. The van der Waals surface area contributed by atoms with E-state index in [9.17, 15) is 27.4 Å². The lowest BCUT2D eigenvalue weighted by Crippen LogP contribution is -2.25. The highest BCUT2D eigenvalue weighted by Crippen LogP contribution is 2.45. The Balaban J connectivity index is 0.000000192. The molecule has 392 valence electrons. The summed E-state index contributed by atoms with van der Waals surface area (Å²) in [6, 6.07) is 73.0. The number of rotatable bonds is 15. The molecule has 0 amide bonds. The molecule has 0 spiro atoms. The van der Waals surface area contributed by atoms with Crippen molar-refractivity contribution in [2.24, 2.45) is 7.05 Å². The predicted octanol–water partition coefficient (Wildman–Crippen LogP) is 14.3. The molecule has 79 heavy (non-hydrogen) atoms. The third kappa shape index (κ3) is 10.7. The highest BCUT2D eigenvalue weighted by molar-refractivity contribution is 7.86. The largest absolute Gasteiger partial charge is 0.397 e. The molecule has 0 saturated heterocycles. The maximum absolute atomic E-state index is 13.3. The number of carbonyl (C=O) groups excluding carboxylic acids is 3. The minimum absolute atomic E-state index is 0.00104. The van der Waals surface area contributed by atoms with Gasteiger partial charge in [-0.3, -0.25) is 18.9 Å². The normalized spacial score (nSPS) is 11.8. The van der Waals surface area contributed by atoms with Crippen LogP contribution in [0.1, 0.15) is 74.9 Å². The number of aryl methyl sites for hydroxylation is 1. The van der Waals surface area contributed by atoms with Crippen molar-refractivity contribution in [3.63, 3.8) is 0 Å². The maximum atomic E-state index is 13.3. The van der Waals surface area contributed by atoms with E-state index in [-0.39, 0.29) is 40.1 Å². The Labute approximate surface area is 461 Å². The van der Waals surface area contributed by atoms with Gasteiger partial charge in [-0.15, -0.1) is 0 Å². The average Bonchev–Trinajstić information content (AvgIpc) is 4.06. The van der Waals surface area contributed by atoms with Crippen molar-refractivity contribution >= 4 is 78.2 Å². The number of benzene rings is 9. The van der Waals surface area contributed by atoms with Crippen LogP contribution < -0.4 is 20.9 Å². The molecule has 11 rings (SSSR count). The average molecular weight is 1060 g/mol. The molecule has 0 bridgehead atoms. The molecule has 0 atom stereocenters. The summed E-state index contributed by atoms with van der Waals surface area (Å²) in [6.07, 6.45) is 0.258. The first kappa shape index (κ1) is 52.9. The van der Waals surface area contributed by atoms with Crippen LogP contribution >= 0.6 is 0 Å². The molecule has 9 aromatic carbocycles. The second-order valence-corrected chi connectivity index (χ2v) is 20.6. The molecule has 10 aromatic rings. The van der Waals surface area contributed by atoms with Gasteiger partial charge in [-0.2, -0.15) is 8.42 Å². The Morgan fingerprint density at radius 3 is 1.54 bits per heavy atom. The van der Waals surface area contributed by atoms with Gasteiger partial charge in [0.25, 0.3) is 10.1 Å². The van der Waals surface area contributed by atoms with Gasteiger partial charge in [0.1, 0.15) is 16.4 Å². The zero-order valence-corrected chi connectivity index (χ0v) is 45.0. The lowest BCUT2D eigenvalue weighted by Gasteiger charge is -2.24. The van der Waals surface area contributed by atoms with Crippen molar-refractivity contribution in [1.82, 2.24) is 4.57 Å². The number of Topliss-reactive ketones (excluding diaryl/α,β-unsaturated/α-hetero) is 1. The van der Waals surface area contributed by atoms with Crippen molar-refractivity contribution in [2.45, 2.75) is 32.1 Å². The molecular formula is C67H58N5O6S+. The number of ketones is 3. The first-order valence-electron chi connectivity index (χ1n) is 26.1. The monoisotopic (exact) mass is 1060 g/mol. The van der Waals surface area contributed by atoms with Gasteiger partial charge in [-0.1, -0.05) is 103 Å². The minimum atomic E-state index is -4.79. The number of hydrogen-bond donors (Lipinski definition) is 3. The van der Waals surface area contributed by atoms with Crippen LogP contribution in [0.15, 0.2) is 223 Å². The van der Waals surface area contributed by atoms with Gasteiger partial charge in [0.15, 0.2) is 11.6 Å². The van der Waals surface area contributed by atoms with Crippen LogP contribution in [-0.2, 0) is 28.4 Å². The number of nitrogens with two attached hydrogens (primary N) is 1. The summed E-state index contributed by atoms with van der Waals surface area (Å²) in [5.74, 6) is 0.112. The van der Waals surface area contributed by atoms with Gasteiger partial charge >= 0.3 is 0 Å². The molecule has 1 heterocycles. The molecule has 0 saturated carbocycles. The van der Waals surface area contributed by atoms with Crippen molar-refractivity contribution in [2.75, 3.05) is 33.9 Å². The summed E-state index contributed by atoms with van der Waals surface area (Å²) in [7, 11) is -2.60. The molecule has 1 aromatic heterocycles. The topological polar surface area (TPSA) is 155 Å². The number of nitrogens with one attached hydrogen (secondary N) is 1. The molecule has 0 fully saturated rings. The fourth-order valence-corrected chi connectivity index (χ4v) is 11.3. The highest BCUT2D eigenvalue weighted by atomic mass is 32.2. The Morgan fingerprint density at radius 1 is 0.595 bits per heavy atom. The van der Waals surface area contributed by atoms with E-state index in [1.807, 2.05) is 0 Å². The van der Waals surface area contributed by atoms with Crippen molar-refractivity contribution in [3.8, 4) is 11.3 Å². The van der Waals surface area contributed by atoms with Gasteiger partial charge in [0.2, 0.25) is 0 Å². The molecule has 11 nitrogen and oxygen atoms in total. The summed E-state index contributed by atoms with van der Waals surface area (Å²) in [6.45, 7) is 7.66. The molecular weight excluding hydrogens is 1000 g/mol. The maximum Gasteiger partial charge on any atom is 0.296 e. The van der Waals surface area contributed by atoms with E-state index in [0.29, 0.717) is 5.69 Å². The van der Waals surface area contributed by atoms with Crippen LogP contribution in [0.3, 0.4) is 0 Å². The summed E-state index contributed by atoms with van der Waals surface area (Å²) < 4.78 is 35.9. The first-order chi connectivity index (χ1) is 38.2. The molecule has 4 N–H and O–H groups in total. The van der Waals surface area contributed by atoms with Crippen molar-refractivity contribution < 1.29 is 27.4 Å². The molecule has 0 unspecified atom stereocenters. The third-order valence-corrected chi connectivity index (χ3v) is 15.2. The molecule has 1 aliphatic rings. The van der Waals surface area contributed by atoms with Crippen molar-refractivity contribution in [1.29, 1.82) is 0 Å². The van der Waals surface area contributed by atoms with Crippen LogP contribution in [0.25, 0.3) is 22.2 Å². The lowest BCUT2D eigenvalue weighted by atomic mass is 9.82. The van der Waals surface area contributed by atoms with E-state index in [1.165, 1.54) is 86.6 Å². The van der Waals surface area contributed by atoms with Crippen LogP contribution in [0.5, 0.6) is 0 Å². The number of nitrogens with zero attached hydrogens (tertiary/aromatic N) is 3. The first-order valence-corrected chi connectivity index (χ1v) is 27.5. The number of nitrogen functional groups attached to an aromatic ring is 1. The second-order valence-electron chi connectivity index (χ2n) is 19.3. The number of carbonyl (C=O) groups is 3. The van der Waals surface area contributed by atoms with Crippen LogP contribution in [-0.4, -0.2) is 48.0 Å². The highest BCUT2D eigenvalue weighted by Gasteiger charge is 2.37. The van der Waals surface area contributed by atoms with Crippen molar-refractivity contribution in [3.05, 3.63) is 269 Å². The summed E-state index contributed by atoms with van der Waals surface area (Å²) in [5.41, 5.74) is 18.7. The lowest BCUT2D eigenvalue weighted by molar-refractivity contribution is -0.116. The third-order valence-electron chi connectivity index (χ3n) is 14.3. The van der Waals surface area contributed by atoms with E-state index in [0.717, 1.165) is 24.7 Å². The quantitative estimate of drug-likeness (QED) is 0.0513. The fourth-order valence-electron chi connectivity index (χ4n) is 10.7. The second kappa shape index (κ2) is 22.6. The standard InChI is InChI=1S/C44H40N3.C23H18N2O6S/c1-4-46(36-19-11-7-12-20-36)38-29-25-33(26-30-38)42(34-27-31-39(32-28-34)47(5-2)37-21-13-8-14-22-37)43-40-23-15-16-24-41(40)45(3)44(43)35-17-9-6-10-18-35;1-12(26)10-13-6-8-14(9-7-13)25-17-11-18(32(29,30)31)21(24)20-19(17)22(27)15-4-2-3-5-16(15)23(20)28/h6-32H,4-5H2,1-3H3;2-9,11,25H,10,24H2,1H3,(H,29,30,31)/q+1;. The Bertz CT molecular complexity index is 3890. The molecule has 1 aliphatic carbocycles. The minimum Gasteiger partial charge on any atom is -0.397 e. The van der Waals surface area contributed by atoms with Crippen LogP contribution in [0.2, 0.25) is 0 Å². The summed E-state index contributed by atoms with van der Waals surface area (Å²) in [5, 5.41) is 4.19. The van der Waals surface area contributed by atoms with Crippen LogP contribution in [0, 0.1) is 5.92 Å². The smallest absolute Gasteiger partial charge is 0.296 e.